The summed E-state index contributed by atoms with van der Waals surface area (Å²) in [4.78, 5) is 0. The number of hydrogen-bond acceptors (Lipinski definition) is 3. The normalized spacial score (nSPS) is 16.2. The first-order valence-electron chi connectivity index (χ1n) is 7.30. The molecule has 1 N–H and O–H groups in total. The van der Waals surface area contributed by atoms with Gasteiger partial charge in [-0.25, -0.2) is 0 Å². The maximum absolute atomic E-state index is 5.99. The van der Waals surface area contributed by atoms with E-state index < -0.39 is 0 Å². The van der Waals surface area contributed by atoms with Gasteiger partial charge in [0.1, 0.15) is 0 Å². The van der Waals surface area contributed by atoms with Crippen LogP contribution >= 0.6 is 0 Å². The molecule has 1 aliphatic carbocycles. The van der Waals surface area contributed by atoms with E-state index in [0.717, 1.165) is 36.9 Å². The first kappa shape index (κ1) is 14.2. The zero-order chi connectivity index (χ0) is 13.7. The SMILES string of the molecule is CCCC(C)Oc1cc(CNC2CC2)ccc1OC. The van der Waals surface area contributed by atoms with Crippen molar-refractivity contribution in [1.29, 1.82) is 0 Å². The Bertz CT molecular complexity index is 402. The second kappa shape index (κ2) is 6.80. The molecule has 0 aromatic heterocycles. The molecule has 1 saturated carbocycles. The van der Waals surface area contributed by atoms with Crippen molar-refractivity contribution in [2.24, 2.45) is 0 Å². The molecule has 1 aromatic carbocycles. The summed E-state index contributed by atoms with van der Waals surface area (Å²) >= 11 is 0. The van der Waals surface area contributed by atoms with Crippen LogP contribution in [0.5, 0.6) is 11.5 Å². The smallest absolute Gasteiger partial charge is 0.161 e. The summed E-state index contributed by atoms with van der Waals surface area (Å²) in [7, 11) is 1.69. The molecule has 1 atom stereocenters. The Morgan fingerprint density at radius 3 is 2.74 bits per heavy atom. The number of nitrogens with one attached hydrogen (secondary N) is 1. The average Bonchev–Trinajstić information content (AvgIpc) is 3.21. The Balaban J connectivity index is 2.01. The van der Waals surface area contributed by atoms with E-state index in [-0.39, 0.29) is 6.10 Å². The minimum atomic E-state index is 0.227. The molecule has 106 valence electrons. The molecule has 19 heavy (non-hydrogen) atoms. The van der Waals surface area contributed by atoms with Crippen LogP contribution in [0, 0.1) is 0 Å². The van der Waals surface area contributed by atoms with Gasteiger partial charge in [0.2, 0.25) is 0 Å². The standard InChI is InChI=1S/C16H25NO2/c1-4-5-12(2)19-16-10-13(6-9-15(16)18-3)11-17-14-7-8-14/h6,9-10,12,14,17H,4-5,7-8,11H2,1-3H3. The van der Waals surface area contributed by atoms with E-state index >= 15 is 0 Å². The molecule has 1 aliphatic rings. The number of rotatable bonds is 8. The van der Waals surface area contributed by atoms with Crippen LogP contribution in [0.4, 0.5) is 0 Å². The van der Waals surface area contributed by atoms with Crippen molar-refractivity contribution < 1.29 is 9.47 Å². The predicted molar refractivity (Wildman–Crippen MR) is 77.9 cm³/mol. The third-order valence-electron chi connectivity index (χ3n) is 3.42. The van der Waals surface area contributed by atoms with Gasteiger partial charge in [-0.1, -0.05) is 19.4 Å². The van der Waals surface area contributed by atoms with Gasteiger partial charge in [-0.05, 0) is 43.9 Å². The lowest BCUT2D eigenvalue weighted by molar-refractivity contribution is 0.200. The highest BCUT2D eigenvalue weighted by Gasteiger charge is 2.20. The summed E-state index contributed by atoms with van der Waals surface area (Å²) in [5.74, 6) is 1.68. The molecule has 0 heterocycles. The molecule has 3 nitrogen and oxygen atoms in total. The van der Waals surface area contributed by atoms with Gasteiger partial charge in [0.05, 0.1) is 13.2 Å². The van der Waals surface area contributed by atoms with E-state index in [1.807, 2.05) is 6.07 Å². The molecular formula is C16H25NO2. The highest BCUT2D eigenvalue weighted by Crippen LogP contribution is 2.30. The largest absolute Gasteiger partial charge is 0.493 e. The van der Waals surface area contributed by atoms with E-state index in [1.165, 1.54) is 18.4 Å². The van der Waals surface area contributed by atoms with Crippen molar-refractivity contribution in [3.63, 3.8) is 0 Å². The van der Waals surface area contributed by atoms with Gasteiger partial charge < -0.3 is 14.8 Å². The molecule has 3 heteroatoms. The number of ether oxygens (including phenoxy) is 2. The second-order valence-electron chi connectivity index (χ2n) is 5.36. The lowest BCUT2D eigenvalue weighted by Gasteiger charge is -2.17. The van der Waals surface area contributed by atoms with E-state index in [4.69, 9.17) is 9.47 Å². The Labute approximate surface area is 116 Å². The van der Waals surface area contributed by atoms with Crippen molar-refractivity contribution in [3.8, 4) is 11.5 Å². The molecule has 1 fully saturated rings. The molecule has 1 aromatic rings. The summed E-state index contributed by atoms with van der Waals surface area (Å²) in [6, 6.07) is 6.93. The van der Waals surface area contributed by atoms with Gasteiger partial charge in [-0.3, -0.25) is 0 Å². The van der Waals surface area contributed by atoms with Crippen LogP contribution in [0.25, 0.3) is 0 Å². The molecule has 0 bridgehead atoms. The van der Waals surface area contributed by atoms with Crippen LogP contribution in [0.1, 0.15) is 45.1 Å². The van der Waals surface area contributed by atoms with E-state index in [0.29, 0.717) is 0 Å². The van der Waals surface area contributed by atoms with E-state index in [1.54, 1.807) is 7.11 Å². The highest BCUT2D eigenvalue weighted by atomic mass is 16.5. The van der Waals surface area contributed by atoms with Crippen molar-refractivity contribution in [3.05, 3.63) is 23.8 Å². The number of methoxy groups -OCH3 is 1. The van der Waals surface area contributed by atoms with Gasteiger partial charge in [-0.15, -0.1) is 0 Å². The van der Waals surface area contributed by atoms with Crippen LogP contribution in [0.2, 0.25) is 0 Å². The monoisotopic (exact) mass is 263 g/mol. The lowest BCUT2D eigenvalue weighted by atomic mass is 10.2. The van der Waals surface area contributed by atoms with Crippen molar-refractivity contribution in [2.75, 3.05) is 7.11 Å². The number of benzene rings is 1. The lowest BCUT2D eigenvalue weighted by Crippen LogP contribution is -2.16. The van der Waals surface area contributed by atoms with Crippen LogP contribution in [0.15, 0.2) is 18.2 Å². The summed E-state index contributed by atoms with van der Waals surface area (Å²) in [6.07, 6.45) is 5.05. The molecule has 0 aliphatic heterocycles. The highest BCUT2D eigenvalue weighted by molar-refractivity contribution is 5.43. The number of hydrogen-bond donors (Lipinski definition) is 1. The van der Waals surface area contributed by atoms with Crippen molar-refractivity contribution >= 4 is 0 Å². The third-order valence-corrected chi connectivity index (χ3v) is 3.42. The maximum Gasteiger partial charge on any atom is 0.161 e. The fraction of sp³-hybridized carbons (Fsp3) is 0.625. The van der Waals surface area contributed by atoms with E-state index in [2.05, 4.69) is 31.3 Å². The zero-order valence-electron chi connectivity index (χ0n) is 12.2. The molecular weight excluding hydrogens is 238 g/mol. The Kier molecular flexibility index (Phi) is 5.08. The molecule has 2 rings (SSSR count). The van der Waals surface area contributed by atoms with Gasteiger partial charge >= 0.3 is 0 Å². The first-order chi connectivity index (χ1) is 9.22. The van der Waals surface area contributed by atoms with Crippen molar-refractivity contribution in [1.82, 2.24) is 5.32 Å². The fourth-order valence-electron chi connectivity index (χ4n) is 2.16. The quantitative estimate of drug-likeness (QED) is 0.778. The molecule has 1 unspecified atom stereocenters. The molecule has 0 amide bonds. The maximum atomic E-state index is 5.99. The van der Waals surface area contributed by atoms with Gasteiger partial charge in [0.15, 0.2) is 11.5 Å². The van der Waals surface area contributed by atoms with Crippen LogP contribution in [-0.4, -0.2) is 19.3 Å². The van der Waals surface area contributed by atoms with Gasteiger partial charge in [-0.2, -0.15) is 0 Å². The van der Waals surface area contributed by atoms with Crippen LogP contribution < -0.4 is 14.8 Å². The van der Waals surface area contributed by atoms with Gasteiger partial charge in [0.25, 0.3) is 0 Å². The zero-order valence-corrected chi connectivity index (χ0v) is 12.2. The summed E-state index contributed by atoms with van der Waals surface area (Å²) in [6.45, 7) is 5.19. The average molecular weight is 263 g/mol. The summed E-state index contributed by atoms with van der Waals surface area (Å²) in [5, 5.41) is 3.52. The van der Waals surface area contributed by atoms with E-state index in [9.17, 15) is 0 Å². The molecule has 0 saturated heterocycles. The Hall–Kier alpha value is -1.22. The predicted octanol–water partition coefficient (Wildman–Crippen LogP) is 3.51. The summed E-state index contributed by atoms with van der Waals surface area (Å²) < 4.78 is 11.4. The second-order valence-corrected chi connectivity index (χ2v) is 5.36. The minimum Gasteiger partial charge on any atom is -0.493 e. The molecule has 0 radical (unpaired) electrons. The van der Waals surface area contributed by atoms with Crippen LogP contribution in [0.3, 0.4) is 0 Å². The first-order valence-corrected chi connectivity index (χ1v) is 7.30. The van der Waals surface area contributed by atoms with Crippen molar-refractivity contribution in [2.45, 2.75) is 58.2 Å². The van der Waals surface area contributed by atoms with Gasteiger partial charge in [0, 0.05) is 12.6 Å². The minimum absolute atomic E-state index is 0.227. The van der Waals surface area contributed by atoms with Crippen LogP contribution in [-0.2, 0) is 6.54 Å². The third kappa shape index (κ3) is 4.43. The Morgan fingerprint density at radius 2 is 2.11 bits per heavy atom. The molecule has 0 spiro atoms. The topological polar surface area (TPSA) is 30.5 Å². The summed E-state index contributed by atoms with van der Waals surface area (Å²) in [5.41, 5.74) is 1.26. The fourth-order valence-corrected chi connectivity index (χ4v) is 2.16. The Morgan fingerprint density at radius 1 is 1.32 bits per heavy atom.